The van der Waals surface area contributed by atoms with Crippen molar-refractivity contribution in [1.29, 1.82) is 0 Å². The Balaban J connectivity index is 1.36. The van der Waals surface area contributed by atoms with Gasteiger partial charge in [-0.25, -0.2) is 13.1 Å². The van der Waals surface area contributed by atoms with Crippen molar-refractivity contribution < 1.29 is 13.2 Å². The molecule has 4 rings (SSSR count). The van der Waals surface area contributed by atoms with Crippen molar-refractivity contribution in [3.63, 3.8) is 0 Å². The first-order valence-electron chi connectivity index (χ1n) is 10.4. The van der Waals surface area contributed by atoms with Crippen LogP contribution in [0, 0.1) is 13.8 Å². The summed E-state index contributed by atoms with van der Waals surface area (Å²) in [6, 6.07) is 12.9. The second-order valence-electron chi connectivity index (χ2n) is 7.71. The van der Waals surface area contributed by atoms with Crippen molar-refractivity contribution in [2.24, 2.45) is 0 Å². The predicted octanol–water partition coefficient (Wildman–Crippen LogP) is 1.83. The first-order chi connectivity index (χ1) is 15.4. The number of carbonyl (C=O) groups excluding carboxylic acids is 1. The summed E-state index contributed by atoms with van der Waals surface area (Å²) in [6.07, 6.45) is 2.90. The average Bonchev–Trinajstić information content (AvgIpc) is 3.09. The Morgan fingerprint density at radius 3 is 2.41 bits per heavy atom. The van der Waals surface area contributed by atoms with Crippen molar-refractivity contribution in [3.8, 4) is 5.69 Å². The fourth-order valence-corrected chi connectivity index (χ4v) is 5.19. The van der Waals surface area contributed by atoms with Crippen LogP contribution in [0.25, 0.3) is 5.69 Å². The van der Waals surface area contributed by atoms with E-state index < -0.39 is 10.0 Å². The molecule has 3 heterocycles. The zero-order valence-electron chi connectivity index (χ0n) is 18.1. The summed E-state index contributed by atoms with van der Waals surface area (Å²) in [4.78, 5) is 18.7. The number of hydrogen-bond donors (Lipinski definition) is 1. The number of hydrogen-bond acceptors (Lipinski definition) is 6. The number of para-hydroxylation sites is 1. The summed E-state index contributed by atoms with van der Waals surface area (Å²) in [5.74, 6) is -0.146. The first-order valence-corrected chi connectivity index (χ1v) is 11.8. The van der Waals surface area contributed by atoms with Gasteiger partial charge < -0.3 is 5.32 Å². The van der Waals surface area contributed by atoms with Gasteiger partial charge in [-0.2, -0.15) is 9.40 Å². The van der Waals surface area contributed by atoms with Crippen LogP contribution < -0.4 is 5.32 Å². The topological polar surface area (TPSA) is 100 Å². The second-order valence-corrected chi connectivity index (χ2v) is 9.65. The highest BCUT2D eigenvalue weighted by molar-refractivity contribution is 7.89. The molecule has 1 aliphatic rings. The SMILES string of the molecule is Cc1nn(-c2ccccc2)c(C)c1NC(=O)CN1CCN(S(=O)(=O)c2cccnc2)CC1. The summed E-state index contributed by atoms with van der Waals surface area (Å²) < 4.78 is 28.7. The molecule has 0 atom stereocenters. The lowest BCUT2D eigenvalue weighted by Crippen LogP contribution is -2.50. The number of benzene rings is 1. The van der Waals surface area contributed by atoms with Gasteiger partial charge in [0.1, 0.15) is 4.90 Å². The molecule has 3 aromatic rings. The molecule has 0 aliphatic carbocycles. The van der Waals surface area contributed by atoms with Crippen molar-refractivity contribution in [3.05, 3.63) is 66.2 Å². The zero-order valence-corrected chi connectivity index (χ0v) is 18.9. The third-order valence-electron chi connectivity index (χ3n) is 5.53. The van der Waals surface area contributed by atoms with E-state index in [1.54, 1.807) is 18.3 Å². The molecule has 2 aromatic heterocycles. The molecule has 1 fully saturated rings. The van der Waals surface area contributed by atoms with E-state index in [1.165, 1.54) is 10.5 Å². The van der Waals surface area contributed by atoms with Gasteiger partial charge in [-0.05, 0) is 38.1 Å². The van der Waals surface area contributed by atoms with Gasteiger partial charge in [0.15, 0.2) is 0 Å². The van der Waals surface area contributed by atoms with E-state index >= 15 is 0 Å². The lowest BCUT2D eigenvalue weighted by molar-refractivity contribution is -0.117. The van der Waals surface area contributed by atoms with Crippen LogP contribution in [-0.4, -0.2) is 71.0 Å². The van der Waals surface area contributed by atoms with E-state index in [0.717, 1.165) is 17.1 Å². The first kappa shape index (κ1) is 22.1. The quantitative estimate of drug-likeness (QED) is 0.610. The molecule has 0 bridgehead atoms. The molecule has 0 spiro atoms. The molecule has 10 heteroatoms. The van der Waals surface area contributed by atoms with Crippen LogP contribution in [-0.2, 0) is 14.8 Å². The molecular formula is C22H26N6O3S. The number of piperazine rings is 1. The van der Waals surface area contributed by atoms with Crippen molar-refractivity contribution in [2.45, 2.75) is 18.7 Å². The third-order valence-corrected chi connectivity index (χ3v) is 7.41. The van der Waals surface area contributed by atoms with Crippen LogP contribution in [0.3, 0.4) is 0 Å². The number of carbonyl (C=O) groups is 1. The summed E-state index contributed by atoms with van der Waals surface area (Å²) in [5.41, 5.74) is 3.23. The fraction of sp³-hybridized carbons (Fsp3) is 0.318. The standard InChI is InChI=1S/C22H26N6O3S/c1-17-22(18(2)28(25-17)19-7-4-3-5-8-19)24-21(29)16-26-11-13-27(14-12-26)32(30,31)20-9-6-10-23-15-20/h3-10,15H,11-14,16H2,1-2H3,(H,24,29). The maximum absolute atomic E-state index is 12.7. The molecule has 1 amide bonds. The van der Waals surface area contributed by atoms with Gasteiger partial charge in [0.25, 0.3) is 0 Å². The minimum Gasteiger partial charge on any atom is -0.322 e. The van der Waals surface area contributed by atoms with Crippen LogP contribution >= 0.6 is 0 Å². The van der Waals surface area contributed by atoms with Crippen LogP contribution in [0.1, 0.15) is 11.4 Å². The van der Waals surface area contributed by atoms with Crippen molar-refractivity contribution in [1.82, 2.24) is 24.0 Å². The van der Waals surface area contributed by atoms with Gasteiger partial charge in [-0.3, -0.25) is 14.7 Å². The Hall–Kier alpha value is -3.08. The molecule has 1 N–H and O–H groups in total. The molecule has 9 nitrogen and oxygen atoms in total. The van der Waals surface area contributed by atoms with Crippen LogP contribution in [0.15, 0.2) is 59.8 Å². The molecule has 0 unspecified atom stereocenters. The number of pyridine rings is 1. The third kappa shape index (κ3) is 4.57. The van der Waals surface area contributed by atoms with Gasteiger partial charge in [0.05, 0.1) is 29.3 Å². The number of rotatable bonds is 6. The summed E-state index contributed by atoms with van der Waals surface area (Å²) >= 11 is 0. The maximum atomic E-state index is 12.7. The highest BCUT2D eigenvalue weighted by atomic mass is 32.2. The minimum atomic E-state index is -3.56. The minimum absolute atomic E-state index is 0.146. The van der Waals surface area contributed by atoms with E-state index in [2.05, 4.69) is 15.4 Å². The molecule has 1 aromatic carbocycles. The van der Waals surface area contributed by atoms with Crippen molar-refractivity contribution >= 4 is 21.6 Å². The summed E-state index contributed by atoms with van der Waals surface area (Å²) in [5, 5.41) is 7.54. The Bertz CT molecular complexity index is 1190. The molecule has 1 aliphatic heterocycles. The Morgan fingerprint density at radius 1 is 1.03 bits per heavy atom. The maximum Gasteiger partial charge on any atom is 0.244 e. The molecule has 1 saturated heterocycles. The Labute approximate surface area is 187 Å². The van der Waals surface area contributed by atoms with Crippen LogP contribution in [0.4, 0.5) is 5.69 Å². The van der Waals surface area contributed by atoms with E-state index in [0.29, 0.717) is 31.9 Å². The second kappa shape index (κ2) is 9.19. The largest absolute Gasteiger partial charge is 0.322 e. The van der Waals surface area contributed by atoms with E-state index in [9.17, 15) is 13.2 Å². The highest BCUT2D eigenvalue weighted by Gasteiger charge is 2.29. The average molecular weight is 455 g/mol. The smallest absolute Gasteiger partial charge is 0.244 e. The predicted molar refractivity (Wildman–Crippen MR) is 121 cm³/mol. The number of sulfonamides is 1. The molecule has 168 valence electrons. The highest BCUT2D eigenvalue weighted by Crippen LogP contribution is 2.23. The molecule has 0 saturated carbocycles. The Kier molecular flexibility index (Phi) is 6.35. The lowest BCUT2D eigenvalue weighted by atomic mass is 10.3. The summed E-state index contributed by atoms with van der Waals surface area (Å²) in [7, 11) is -3.56. The van der Waals surface area contributed by atoms with Gasteiger partial charge in [0, 0.05) is 38.6 Å². The monoisotopic (exact) mass is 454 g/mol. The molecular weight excluding hydrogens is 428 g/mol. The lowest BCUT2D eigenvalue weighted by Gasteiger charge is -2.33. The number of anilines is 1. The van der Waals surface area contributed by atoms with E-state index in [-0.39, 0.29) is 17.3 Å². The number of nitrogens with one attached hydrogen (secondary N) is 1. The van der Waals surface area contributed by atoms with E-state index in [1.807, 2.05) is 53.8 Å². The van der Waals surface area contributed by atoms with Gasteiger partial charge in [-0.1, -0.05) is 18.2 Å². The van der Waals surface area contributed by atoms with Crippen LogP contribution in [0.2, 0.25) is 0 Å². The molecule has 0 radical (unpaired) electrons. The number of amides is 1. The normalized spacial score (nSPS) is 15.6. The fourth-order valence-electron chi connectivity index (χ4n) is 3.80. The summed E-state index contributed by atoms with van der Waals surface area (Å²) in [6.45, 7) is 5.59. The van der Waals surface area contributed by atoms with Crippen molar-refractivity contribution in [2.75, 3.05) is 38.0 Å². The van der Waals surface area contributed by atoms with Crippen LogP contribution in [0.5, 0.6) is 0 Å². The zero-order chi connectivity index (χ0) is 22.7. The van der Waals surface area contributed by atoms with Gasteiger partial charge in [-0.15, -0.1) is 0 Å². The molecule has 32 heavy (non-hydrogen) atoms. The van der Waals surface area contributed by atoms with Gasteiger partial charge in [0.2, 0.25) is 15.9 Å². The van der Waals surface area contributed by atoms with Gasteiger partial charge >= 0.3 is 0 Å². The number of aryl methyl sites for hydroxylation is 1. The number of nitrogens with zero attached hydrogens (tertiary/aromatic N) is 5. The van der Waals surface area contributed by atoms with E-state index in [4.69, 9.17) is 0 Å². The number of aromatic nitrogens is 3. The Morgan fingerprint density at radius 2 is 1.75 bits per heavy atom.